The molecule has 0 aliphatic rings. The molecule has 1 aromatic heterocycles. The van der Waals surface area contributed by atoms with Crippen molar-refractivity contribution in [3.05, 3.63) is 11.7 Å². The molecule has 1 atom stereocenters. The molecule has 0 aliphatic carbocycles. The summed E-state index contributed by atoms with van der Waals surface area (Å²) >= 11 is 1.77. The zero-order chi connectivity index (χ0) is 11.5. The largest absolute Gasteiger partial charge is 0.338 e. The molecule has 0 radical (unpaired) electrons. The van der Waals surface area contributed by atoms with E-state index >= 15 is 0 Å². The summed E-state index contributed by atoms with van der Waals surface area (Å²) < 4.78 is 5.15. The quantitative estimate of drug-likeness (QED) is 0.856. The van der Waals surface area contributed by atoms with Crippen LogP contribution in [0, 0.1) is 0 Å². The highest BCUT2D eigenvalue weighted by molar-refractivity contribution is 7.98. The van der Waals surface area contributed by atoms with Crippen LogP contribution in [0.25, 0.3) is 0 Å². The van der Waals surface area contributed by atoms with Gasteiger partial charge in [-0.3, -0.25) is 0 Å². The van der Waals surface area contributed by atoms with Gasteiger partial charge in [-0.1, -0.05) is 25.9 Å². The van der Waals surface area contributed by atoms with Gasteiger partial charge in [0, 0.05) is 5.41 Å². The van der Waals surface area contributed by atoms with Crippen molar-refractivity contribution in [3.8, 4) is 0 Å². The van der Waals surface area contributed by atoms with Crippen molar-refractivity contribution in [2.75, 3.05) is 12.0 Å². The summed E-state index contributed by atoms with van der Waals surface area (Å²) in [5.74, 6) is 2.28. The van der Waals surface area contributed by atoms with Crippen LogP contribution in [-0.2, 0) is 5.41 Å². The fourth-order valence-electron chi connectivity index (χ4n) is 1.06. The SMILES string of the molecule is CSCC[C@H](N)c1nc(C(C)(C)C)no1. The second kappa shape index (κ2) is 4.99. The molecule has 0 fully saturated rings. The summed E-state index contributed by atoms with van der Waals surface area (Å²) in [5, 5.41) is 3.94. The van der Waals surface area contributed by atoms with Crippen LogP contribution >= 0.6 is 11.8 Å². The Bertz CT molecular complexity index is 306. The lowest BCUT2D eigenvalue weighted by molar-refractivity contribution is 0.342. The van der Waals surface area contributed by atoms with Crippen molar-refractivity contribution in [3.63, 3.8) is 0 Å². The number of thioether (sulfide) groups is 1. The standard InChI is InChI=1S/C10H19N3OS/c1-10(2,3)9-12-8(14-13-9)7(11)5-6-15-4/h7H,5-6,11H2,1-4H3/t7-/m0/s1. The normalized spacial score (nSPS) is 14.2. The highest BCUT2D eigenvalue weighted by Crippen LogP contribution is 2.21. The van der Waals surface area contributed by atoms with Gasteiger partial charge in [0.25, 0.3) is 0 Å². The van der Waals surface area contributed by atoms with E-state index in [9.17, 15) is 0 Å². The highest BCUT2D eigenvalue weighted by atomic mass is 32.2. The van der Waals surface area contributed by atoms with E-state index in [0.29, 0.717) is 5.89 Å². The van der Waals surface area contributed by atoms with Crippen molar-refractivity contribution in [2.24, 2.45) is 5.73 Å². The van der Waals surface area contributed by atoms with Crippen molar-refractivity contribution in [2.45, 2.75) is 38.6 Å². The van der Waals surface area contributed by atoms with E-state index in [-0.39, 0.29) is 11.5 Å². The van der Waals surface area contributed by atoms with Gasteiger partial charge in [0.05, 0.1) is 6.04 Å². The smallest absolute Gasteiger partial charge is 0.243 e. The van der Waals surface area contributed by atoms with Crippen LogP contribution in [0.15, 0.2) is 4.52 Å². The molecule has 5 heteroatoms. The Kier molecular flexibility index (Phi) is 4.16. The third kappa shape index (κ3) is 3.50. The van der Waals surface area contributed by atoms with Crippen molar-refractivity contribution in [1.82, 2.24) is 10.1 Å². The fourth-order valence-corrected chi connectivity index (χ4v) is 1.55. The fraction of sp³-hybridized carbons (Fsp3) is 0.800. The number of nitrogens with two attached hydrogens (primary N) is 1. The number of hydrogen-bond acceptors (Lipinski definition) is 5. The molecule has 1 aromatic rings. The molecule has 4 nitrogen and oxygen atoms in total. The van der Waals surface area contributed by atoms with Crippen LogP contribution in [0.4, 0.5) is 0 Å². The Labute approximate surface area is 95.0 Å². The van der Waals surface area contributed by atoms with E-state index in [2.05, 4.69) is 37.2 Å². The molecule has 0 aliphatic heterocycles. The first-order valence-corrected chi connectivity index (χ1v) is 6.43. The topological polar surface area (TPSA) is 64.9 Å². The Morgan fingerprint density at radius 2 is 2.13 bits per heavy atom. The zero-order valence-electron chi connectivity index (χ0n) is 9.78. The zero-order valence-corrected chi connectivity index (χ0v) is 10.6. The minimum absolute atomic E-state index is 0.0824. The molecule has 0 spiro atoms. The van der Waals surface area contributed by atoms with Gasteiger partial charge in [0.2, 0.25) is 5.89 Å². The second-order valence-electron chi connectivity index (χ2n) is 4.59. The summed E-state index contributed by atoms with van der Waals surface area (Å²) in [6.07, 6.45) is 2.92. The van der Waals surface area contributed by atoms with Crippen LogP contribution in [0.1, 0.15) is 44.9 Å². The van der Waals surface area contributed by atoms with Crippen molar-refractivity contribution < 1.29 is 4.52 Å². The molecule has 15 heavy (non-hydrogen) atoms. The monoisotopic (exact) mass is 229 g/mol. The van der Waals surface area contributed by atoms with Gasteiger partial charge >= 0.3 is 0 Å². The van der Waals surface area contributed by atoms with E-state index in [4.69, 9.17) is 10.3 Å². The minimum atomic E-state index is -0.138. The minimum Gasteiger partial charge on any atom is -0.338 e. The van der Waals surface area contributed by atoms with Crippen molar-refractivity contribution in [1.29, 1.82) is 0 Å². The van der Waals surface area contributed by atoms with Gasteiger partial charge in [-0.25, -0.2) is 0 Å². The summed E-state index contributed by atoms with van der Waals surface area (Å²) in [4.78, 5) is 4.32. The molecular formula is C10H19N3OS. The first kappa shape index (κ1) is 12.5. The predicted molar refractivity (Wildman–Crippen MR) is 62.9 cm³/mol. The van der Waals surface area contributed by atoms with Gasteiger partial charge in [-0.2, -0.15) is 16.7 Å². The van der Waals surface area contributed by atoms with E-state index in [0.717, 1.165) is 18.0 Å². The molecule has 1 heterocycles. The van der Waals surface area contributed by atoms with Crippen LogP contribution in [-0.4, -0.2) is 22.1 Å². The molecular weight excluding hydrogens is 210 g/mol. The van der Waals surface area contributed by atoms with E-state index in [1.165, 1.54) is 0 Å². The Morgan fingerprint density at radius 3 is 2.60 bits per heavy atom. The van der Waals surface area contributed by atoms with E-state index in [1.54, 1.807) is 11.8 Å². The molecule has 1 rings (SSSR count). The maximum absolute atomic E-state index is 5.93. The van der Waals surface area contributed by atoms with Gasteiger partial charge in [-0.15, -0.1) is 0 Å². The van der Waals surface area contributed by atoms with E-state index < -0.39 is 0 Å². The Balaban J connectivity index is 2.67. The molecule has 0 amide bonds. The maximum atomic E-state index is 5.93. The van der Waals surface area contributed by atoms with Crippen molar-refractivity contribution >= 4 is 11.8 Å². The average molecular weight is 229 g/mol. The number of aromatic nitrogens is 2. The van der Waals surface area contributed by atoms with Gasteiger partial charge < -0.3 is 10.3 Å². The average Bonchev–Trinajstić information content (AvgIpc) is 2.62. The molecule has 0 saturated carbocycles. The van der Waals surface area contributed by atoms with Crippen LogP contribution in [0.2, 0.25) is 0 Å². The number of hydrogen-bond donors (Lipinski definition) is 1. The lowest BCUT2D eigenvalue weighted by atomic mass is 9.96. The Hall–Kier alpha value is -0.550. The van der Waals surface area contributed by atoms with Crippen LogP contribution < -0.4 is 5.73 Å². The Morgan fingerprint density at radius 1 is 1.47 bits per heavy atom. The molecule has 0 saturated heterocycles. The first-order chi connectivity index (χ1) is 6.95. The summed E-state index contributed by atoms with van der Waals surface area (Å²) in [5.41, 5.74) is 5.85. The van der Waals surface area contributed by atoms with E-state index in [1.807, 2.05) is 0 Å². The first-order valence-electron chi connectivity index (χ1n) is 5.03. The van der Waals surface area contributed by atoms with Gasteiger partial charge in [0.15, 0.2) is 5.82 Å². The maximum Gasteiger partial charge on any atom is 0.243 e. The summed E-state index contributed by atoms with van der Waals surface area (Å²) in [6.45, 7) is 6.15. The number of rotatable bonds is 4. The van der Waals surface area contributed by atoms with Gasteiger partial charge in [0.1, 0.15) is 0 Å². The molecule has 0 bridgehead atoms. The molecule has 0 aromatic carbocycles. The predicted octanol–water partition coefficient (Wildman–Crippen LogP) is 2.12. The molecule has 86 valence electrons. The van der Waals surface area contributed by atoms with Crippen LogP contribution in [0.3, 0.4) is 0 Å². The third-order valence-corrected chi connectivity index (χ3v) is 2.71. The van der Waals surface area contributed by atoms with Crippen LogP contribution in [0.5, 0.6) is 0 Å². The van der Waals surface area contributed by atoms with Gasteiger partial charge in [-0.05, 0) is 18.4 Å². The number of nitrogens with zero attached hydrogens (tertiary/aromatic N) is 2. The molecule has 2 N–H and O–H groups in total. The summed E-state index contributed by atoms with van der Waals surface area (Å²) in [6, 6.07) is -0.138. The lowest BCUT2D eigenvalue weighted by Crippen LogP contribution is -2.15. The lowest BCUT2D eigenvalue weighted by Gasteiger charge is -2.11. The molecule has 0 unspecified atom stereocenters. The third-order valence-electron chi connectivity index (χ3n) is 2.06. The highest BCUT2D eigenvalue weighted by Gasteiger charge is 2.22. The summed E-state index contributed by atoms with van der Waals surface area (Å²) in [7, 11) is 0. The second-order valence-corrected chi connectivity index (χ2v) is 5.58.